The van der Waals surface area contributed by atoms with Gasteiger partial charge in [-0.2, -0.15) is 15.4 Å². The predicted octanol–water partition coefficient (Wildman–Crippen LogP) is 1.38. The fraction of sp³-hybridized carbons (Fsp3) is 0.471. The number of morpholine rings is 1. The quantitative estimate of drug-likeness (QED) is 0.890. The van der Waals surface area contributed by atoms with Crippen LogP contribution in [0.2, 0.25) is 0 Å². The van der Waals surface area contributed by atoms with Crippen molar-refractivity contribution < 1.29 is 9.53 Å². The van der Waals surface area contributed by atoms with Crippen molar-refractivity contribution in [2.24, 2.45) is 5.92 Å². The van der Waals surface area contributed by atoms with E-state index < -0.39 is 0 Å². The smallest absolute Gasteiger partial charge is 0.227 e. The number of aryl methyl sites for hydroxylation is 1. The number of fused-ring (bicyclic) bond motifs is 1. The summed E-state index contributed by atoms with van der Waals surface area (Å²) < 4.78 is 5.42. The Kier molecular flexibility index (Phi) is 4.17. The average Bonchev–Trinajstić information content (AvgIpc) is 3.10. The lowest BCUT2D eigenvalue weighted by molar-refractivity contribution is -0.120. The summed E-state index contributed by atoms with van der Waals surface area (Å²) in [6.45, 7) is 3.14. The maximum atomic E-state index is 12.7. The van der Waals surface area contributed by atoms with Crippen molar-refractivity contribution in [3.05, 3.63) is 35.7 Å². The molecule has 1 aliphatic heterocycles. The van der Waals surface area contributed by atoms with E-state index in [0.717, 1.165) is 61.9 Å². The number of anilines is 2. The number of rotatable bonds is 3. The Bertz CT molecular complexity index is 723. The Morgan fingerprint density at radius 1 is 1.21 bits per heavy atom. The van der Waals surface area contributed by atoms with E-state index in [1.807, 2.05) is 18.2 Å². The SMILES string of the molecule is O=C(Nc1ccccc1N1CCOCC1)C1CCc2n[nH]nc2C1. The van der Waals surface area contributed by atoms with Crippen LogP contribution in [0.5, 0.6) is 0 Å². The van der Waals surface area contributed by atoms with Crippen LogP contribution in [0, 0.1) is 5.92 Å². The number of hydrogen-bond donors (Lipinski definition) is 2. The van der Waals surface area contributed by atoms with Gasteiger partial charge in [0.25, 0.3) is 0 Å². The molecule has 2 heterocycles. The first-order valence-corrected chi connectivity index (χ1v) is 8.42. The summed E-state index contributed by atoms with van der Waals surface area (Å²) in [5.74, 6) is 0.00436. The van der Waals surface area contributed by atoms with Gasteiger partial charge in [-0.25, -0.2) is 0 Å². The molecule has 7 heteroatoms. The highest BCUT2D eigenvalue weighted by atomic mass is 16.5. The largest absolute Gasteiger partial charge is 0.378 e. The zero-order valence-corrected chi connectivity index (χ0v) is 13.5. The second kappa shape index (κ2) is 6.60. The average molecular weight is 327 g/mol. The molecule has 0 saturated carbocycles. The van der Waals surface area contributed by atoms with Gasteiger partial charge < -0.3 is 15.0 Å². The number of aromatic amines is 1. The monoisotopic (exact) mass is 327 g/mol. The van der Waals surface area contributed by atoms with E-state index in [1.54, 1.807) is 0 Å². The molecule has 2 aliphatic rings. The molecule has 1 aromatic carbocycles. The van der Waals surface area contributed by atoms with Crippen molar-refractivity contribution in [3.63, 3.8) is 0 Å². The van der Waals surface area contributed by atoms with Gasteiger partial charge >= 0.3 is 0 Å². The first kappa shape index (κ1) is 15.1. The van der Waals surface area contributed by atoms with Crippen LogP contribution in [-0.2, 0) is 22.4 Å². The van der Waals surface area contributed by atoms with Gasteiger partial charge in [-0.15, -0.1) is 0 Å². The lowest BCUT2D eigenvalue weighted by Crippen LogP contribution is -2.37. The van der Waals surface area contributed by atoms with Gasteiger partial charge in [0.2, 0.25) is 5.91 Å². The highest BCUT2D eigenvalue weighted by molar-refractivity contribution is 5.96. The van der Waals surface area contributed by atoms with Crippen LogP contribution in [0.1, 0.15) is 17.8 Å². The Hall–Kier alpha value is -2.41. The molecule has 0 radical (unpaired) electrons. The van der Waals surface area contributed by atoms with Gasteiger partial charge in [0.05, 0.1) is 36.0 Å². The minimum Gasteiger partial charge on any atom is -0.378 e. The number of hydrogen-bond acceptors (Lipinski definition) is 5. The number of benzene rings is 1. The number of amides is 1. The molecule has 1 fully saturated rings. The summed E-state index contributed by atoms with van der Waals surface area (Å²) in [6.07, 6.45) is 2.26. The first-order chi connectivity index (χ1) is 11.8. The van der Waals surface area contributed by atoms with Gasteiger partial charge in [-0.1, -0.05) is 12.1 Å². The Balaban J connectivity index is 1.48. The van der Waals surface area contributed by atoms with Gasteiger partial charge in [0, 0.05) is 25.4 Å². The summed E-state index contributed by atoms with van der Waals surface area (Å²) in [5, 5.41) is 14.0. The number of H-pyrrole nitrogens is 1. The van der Waals surface area contributed by atoms with Crippen LogP contribution in [0.15, 0.2) is 24.3 Å². The van der Waals surface area contributed by atoms with Crippen molar-refractivity contribution in [1.82, 2.24) is 15.4 Å². The molecule has 1 atom stereocenters. The Morgan fingerprint density at radius 2 is 2.00 bits per heavy atom. The van der Waals surface area contributed by atoms with E-state index in [0.29, 0.717) is 6.42 Å². The summed E-state index contributed by atoms with van der Waals surface area (Å²) in [6, 6.07) is 7.98. The summed E-state index contributed by atoms with van der Waals surface area (Å²) >= 11 is 0. The molecule has 1 amide bonds. The van der Waals surface area contributed by atoms with Crippen molar-refractivity contribution in [2.75, 3.05) is 36.5 Å². The number of para-hydroxylation sites is 2. The maximum Gasteiger partial charge on any atom is 0.227 e. The van der Waals surface area contributed by atoms with E-state index in [1.165, 1.54) is 0 Å². The topological polar surface area (TPSA) is 83.1 Å². The first-order valence-electron chi connectivity index (χ1n) is 8.42. The third-order valence-electron chi connectivity index (χ3n) is 4.76. The summed E-state index contributed by atoms with van der Waals surface area (Å²) in [7, 11) is 0. The van der Waals surface area contributed by atoms with E-state index in [9.17, 15) is 4.79 Å². The highest BCUT2D eigenvalue weighted by Crippen LogP contribution is 2.29. The van der Waals surface area contributed by atoms with E-state index in [2.05, 4.69) is 31.7 Å². The standard InChI is InChI=1S/C17H21N5O2/c23-17(12-5-6-13-15(11-12)20-21-19-13)18-14-3-1-2-4-16(14)22-7-9-24-10-8-22/h1-4,12H,5-11H2,(H,18,23)(H,19,20,21). The lowest BCUT2D eigenvalue weighted by atomic mass is 9.89. The molecule has 1 aliphatic carbocycles. The molecule has 126 valence electrons. The van der Waals surface area contributed by atoms with Crippen LogP contribution < -0.4 is 10.2 Å². The number of nitrogens with one attached hydrogen (secondary N) is 2. The predicted molar refractivity (Wildman–Crippen MR) is 90.0 cm³/mol. The van der Waals surface area contributed by atoms with Gasteiger partial charge in [0.15, 0.2) is 0 Å². The van der Waals surface area contributed by atoms with E-state index in [4.69, 9.17) is 4.74 Å². The summed E-state index contributed by atoms with van der Waals surface area (Å²) in [4.78, 5) is 15.0. The van der Waals surface area contributed by atoms with Gasteiger partial charge in [-0.3, -0.25) is 4.79 Å². The van der Waals surface area contributed by atoms with E-state index in [-0.39, 0.29) is 11.8 Å². The molecule has 0 bridgehead atoms. The molecular weight excluding hydrogens is 306 g/mol. The molecule has 2 N–H and O–H groups in total. The van der Waals surface area contributed by atoms with Gasteiger partial charge in [0.1, 0.15) is 0 Å². The van der Waals surface area contributed by atoms with Crippen molar-refractivity contribution in [2.45, 2.75) is 19.3 Å². The van der Waals surface area contributed by atoms with Crippen LogP contribution in [0.3, 0.4) is 0 Å². The molecule has 4 rings (SSSR count). The van der Waals surface area contributed by atoms with Crippen molar-refractivity contribution in [3.8, 4) is 0 Å². The lowest BCUT2D eigenvalue weighted by Gasteiger charge is -2.31. The van der Waals surface area contributed by atoms with Gasteiger partial charge in [-0.05, 0) is 25.0 Å². The molecule has 2 aromatic rings. The summed E-state index contributed by atoms with van der Waals surface area (Å²) in [5.41, 5.74) is 3.85. The molecule has 7 nitrogen and oxygen atoms in total. The van der Waals surface area contributed by atoms with E-state index >= 15 is 0 Å². The fourth-order valence-electron chi connectivity index (χ4n) is 3.40. The minimum absolute atomic E-state index is 0.0552. The third kappa shape index (κ3) is 2.99. The van der Waals surface area contributed by atoms with Crippen LogP contribution >= 0.6 is 0 Å². The maximum absolute atomic E-state index is 12.7. The number of carbonyl (C=O) groups excluding carboxylic acids is 1. The fourth-order valence-corrected chi connectivity index (χ4v) is 3.40. The number of aromatic nitrogens is 3. The molecule has 1 saturated heterocycles. The molecule has 24 heavy (non-hydrogen) atoms. The second-order valence-electron chi connectivity index (χ2n) is 6.26. The minimum atomic E-state index is -0.0552. The molecule has 0 spiro atoms. The second-order valence-corrected chi connectivity index (χ2v) is 6.26. The molecular formula is C17H21N5O2. The Morgan fingerprint density at radius 3 is 2.88 bits per heavy atom. The van der Waals surface area contributed by atoms with Crippen LogP contribution in [0.4, 0.5) is 11.4 Å². The normalized spacial score (nSPS) is 20.5. The third-order valence-corrected chi connectivity index (χ3v) is 4.76. The number of ether oxygens (including phenoxy) is 1. The van der Waals surface area contributed by atoms with Crippen LogP contribution in [0.25, 0.3) is 0 Å². The number of carbonyl (C=O) groups is 1. The van der Waals surface area contributed by atoms with Crippen LogP contribution in [-0.4, -0.2) is 47.6 Å². The zero-order chi connectivity index (χ0) is 16.4. The molecule has 1 unspecified atom stereocenters. The van der Waals surface area contributed by atoms with Crippen molar-refractivity contribution in [1.29, 1.82) is 0 Å². The highest BCUT2D eigenvalue weighted by Gasteiger charge is 2.28. The Labute approximate surface area is 140 Å². The van der Waals surface area contributed by atoms with Crippen molar-refractivity contribution >= 4 is 17.3 Å². The molecule has 1 aromatic heterocycles. The number of nitrogens with zero attached hydrogens (tertiary/aromatic N) is 3. The zero-order valence-electron chi connectivity index (χ0n) is 13.5.